The smallest absolute Gasteiger partial charge is 0.270 e. The highest BCUT2D eigenvalue weighted by Gasteiger charge is 2.35. The van der Waals surface area contributed by atoms with Crippen LogP contribution in [0.2, 0.25) is 10.0 Å². The van der Waals surface area contributed by atoms with E-state index in [9.17, 15) is 37.5 Å². The van der Waals surface area contributed by atoms with Gasteiger partial charge < -0.3 is 53.4 Å². The normalized spacial score (nSPS) is 15.5. The molecule has 23 heteroatoms. The summed E-state index contributed by atoms with van der Waals surface area (Å²) in [5.74, 6) is 1.50. The zero-order chi connectivity index (χ0) is 94.5. The molecule has 0 spiro atoms. The van der Waals surface area contributed by atoms with Gasteiger partial charge in [-0.1, -0.05) is 194 Å². The molecular formula is C114H119Cl2F2N13O6. The summed E-state index contributed by atoms with van der Waals surface area (Å²) < 4.78 is 35.1. The fraction of sp³-hybridized carbons (Fsp3) is 0.316. The molecule has 1 unspecified atom stereocenters. The first-order valence-electron chi connectivity index (χ1n) is 48.5. The van der Waals surface area contributed by atoms with Gasteiger partial charge in [-0.05, 0) is 256 Å². The summed E-state index contributed by atoms with van der Waals surface area (Å²) in [5, 5.41) is 11.7. The van der Waals surface area contributed by atoms with Gasteiger partial charge in [-0.2, -0.15) is 0 Å². The molecule has 5 aliphatic heterocycles. The van der Waals surface area contributed by atoms with Crippen molar-refractivity contribution in [3.05, 3.63) is 381 Å². The number of pyridine rings is 2. The fourth-order valence-corrected chi connectivity index (χ4v) is 20.4. The third kappa shape index (κ3) is 24.4. The fourth-order valence-electron chi connectivity index (χ4n) is 20.1. The van der Waals surface area contributed by atoms with Crippen LogP contribution in [0.15, 0.2) is 298 Å². The van der Waals surface area contributed by atoms with Gasteiger partial charge in [0.15, 0.2) is 0 Å². The van der Waals surface area contributed by atoms with E-state index in [1.807, 2.05) is 208 Å². The number of nitrogens with one attached hydrogen (secondary N) is 2. The molecule has 9 aromatic carbocycles. The number of aromatic nitrogens is 6. The molecule has 5 fully saturated rings. The van der Waals surface area contributed by atoms with E-state index in [2.05, 4.69) is 93.2 Å². The molecule has 15 aromatic rings. The maximum absolute atomic E-state index is 13.6. The number of fused-ring (bicyclic) bond motifs is 4. The first kappa shape index (κ1) is 95.4. The van der Waals surface area contributed by atoms with Crippen molar-refractivity contribution >= 4 is 102 Å². The van der Waals surface area contributed by atoms with Gasteiger partial charge in [0.1, 0.15) is 34.4 Å². The first-order chi connectivity index (χ1) is 66.9. The summed E-state index contributed by atoms with van der Waals surface area (Å²) in [6, 6.07) is 89.2. The highest BCUT2D eigenvalue weighted by molar-refractivity contribution is 6.30. The number of carbonyl (C=O) groups is 6. The molecule has 20 rings (SSSR count). The molecule has 6 aromatic heterocycles. The Hall–Kier alpha value is -13.3. The van der Waals surface area contributed by atoms with Crippen molar-refractivity contribution in [3.63, 3.8) is 0 Å². The SMILES string of the molecule is CC(c1ccccc1)C1CCN(C(=O)c2cc3ccccc3n2Cc2ccc(F)cc2)CC1.O=C(NCCc1ccccn1)C1CCN(C(=O)c2cc3ccccc3n2Cc2ccc(Cl)cc2)CC1.O=C(NCCc1ccncc1)C1CCN(C(=O)c2cc3ccccc3n2Cc2ccc(Cl)cc2)CC1.O=C(c1cc2ccccc2n1Cc1ccc(F)cc1)N1CCC(CN2CCCCC2)CC1. The molecule has 137 heavy (non-hydrogen) atoms. The van der Waals surface area contributed by atoms with Gasteiger partial charge in [0.05, 0.1) is 0 Å². The van der Waals surface area contributed by atoms with Crippen LogP contribution in [0, 0.1) is 35.3 Å². The number of piperidine rings is 5. The highest BCUT2D eigenvalue weighted by Crippen LogP contribution is 2.36. The quantitative estimate of drug-likeness (QED) is 0.0593. The average molecular weight is 1880 g/mol. The summed E-state index contributed by atoms with van der Waals surface area (Å²) >= 11 is 12.1. The Morgan fingerprint density at radius 3 is 1.08 bits per heavy atom. The minimum Gasteiger partial charge on any atom is -0.356 e. The van der Waals surface area contributed by atoms with Crippen molar-refractivity contribution in [2.24, 2.45) is 23.7 Å². The van der Waals surface area contributed by atoms with Crippen LogP contribution in [0.1, 0.15) is 164 Å². The molecule has 5 aliphatic rings. The van der Waals surface area contributed by atoms with Crippen LogP contribution in [0.5, 0.6) is 0 Å². The Balaban J connectivity index is 0.000000127. The minimum absolute atomic E-state index is 0.00849. The Labute approximate surface area is 810 Å². The Bertz CT molecular complexity index is 6360. The number of likely N-dealkylation sites (tertiary alicyclic amines) is 5. The molecule has 704 valence electrons. The molecule has 11 heterocycles. The van der Waals surface area contributed by atoms with E-state index < -0.39 is 0 Å². The van der Waals surface area contributed by atoms with E-state index in [0.717, 1.165) is 141 Å². The van der Waals surface area contributed by atoms with Crippen molar-refractivity contribution in [3.8, 4) is 0 Å². The van der Waals surface area contributed by atoms with Crippen LogP contribution in [0.4, 0.5) is 8.78 Å². The third-order valence-electron chi connectivity index (χ3n) is 28.0. The predicted octanol–water partition coefficient (Wildman–Crippen LogP) is 21.5. The molecule has 0 aliphatic carbocycles. The van der Waals surface area contributed by atoms with E-state index in [0.29, 0.717) is 142 Å². The molecule has 19 nitrogen and oxygen atoms in total. The van der Waals surface area contributed by atoms with Crippen molar-refractivity contribution < 1.29 is 37.5 Å². The zero-order valence-corrected chi connectivity index (χ0v) is 79.3. The molecule has 5 saturated heterocycles. The number of hydrogen-bond donors (Lipinski definition) is 2. The summed E-state index contributed by atoms with van der Waals surface area (Å²) in [5.41, 5.74) is 14.5. The number of nitrogens with zero attached hydrogens (tertiary/aromatic N) is 11. The van der Waals surface area contributed by atoms with Gasteiger partial charge >= 0.3 is 0 Å². The molecule has 0 radical (unpaired) electrons. The van der Waals surface area contributed by atoms with E-state index in [1.54, 1.807) is 42.9 Å². The number of rotatable bonds is 24. The lowest BCUT2D eigenvalue weighted by Crippen LogP contribution is -2.43. The predicted molar refractivity (Wildman–Crippen MR) is 541 cm³/mol. The minimum atomic E-state index is -0.250. The first-order valence-corrected chi connectivity index (χ1v) is 49.3. The van der Waals surface area contributed by atoms with Gasteiger partial charge in [0.2, 0.25) is 11.8 Å². The Kier molecular flexibility index (Phi) is 32.0. The Morgan fingerprint density at radius 1 is 0.358 bits per heavy atom. The lowest BCUT2D eigenvalue weighted by molar-refractivity contribution is -0.127. The van der Waals surface area contributed by atoms with Gasteiger partial charge in [-0.15, -0.1) is 0 Å². The number of para-hydroxylation sites is 4. The lowest BCUT2D eigenvalue weighted by Gasteiger charge is -2.36. The molecule has 0 bridgehead atoms. The second-order valence-electron chi connectivity index (χ2n) is 37.0. The average Bonchev–Trinajstić information content (AvgIpc) is 1.61. The van der Waals surface area contributed by atoms with Crippen molar-refractivity contribution in [1.82, 2.24) is 63.4 Å². The number of benzene rings is 9. The van der Waals surface area contributed by atoms with E-state index in [1.165, 1.54) is 68.7 Å². The number of halogens is 4. The third-order valence-corrected chi connectivity index (χ3v) is 28.5. The summed E-state index contributed by atoms with van der Waals surface area (Å²) in [6.45, 7) is 14.9. The summed E-state index contributed by atoms with van der Waals surface area (Å²) in [4.78, 5) is 98.5. The largest absolute Gasteiger partial charge is 0.356 e. The monoisotopic (exact) mass is 1870 g/mol. The topological polar surface area (TPSA) is 188 Å². The summed E-state index contributed by atoms with van der Waals surface area (Å²) in [6.07, 6.45) is 17.7. The van der Waals surface area contributed by atoms with Gasteiger partial charge in [0.25, 0.3) is 23.6 Å². The molecule has 0 saturated carbocycles. The van der Waals surface area contributed by atoms with Crippen LogP contribution in [0.3, 0.4) is 0 Å². The molecular weight excluding hydrogens is 1760 g/mol. The standard InChI is InChI=1S/2C29H29ClN4O2.C29H29FN2O.C27H32FN3O/c30-24-10-8-21(9-11-24)20-34-26-7-2-1-5-23(26)19-27(34)29(36)33-17-13-22(14-18-33)28(35)32-16-12-25-6-3-4-15-31-25;30-25-7-5-22(6-8-25)20-34-26-4-2-1-3-24(26)19-27(34)29(36)33-17-12-23(13-18-33)28(35)32-16-11-21-9-14-31-15-10-21;1-21(23-7-3-2-4-8-23)24-15-17-31(18-16-24)29(33)28-19-25-9-5-6-10-27(25)32(28)20-22-11-13-26(30)14-12-22;28-24-10-8-21(9-11-24)20-31-25-7-3-2-6-23(25)18-26(31)27(32)30-16-12-22(13-17-30)19-29-14-4-1-5-15-29/h1-11,15,19,22H,12-14,16-18,20H2,(H,32,35);1-10,14-15,19,23H,11-13,16-18,20H2,(H,32,35);2-14,19,21,24H,15-18,20H2,1H3;2-3,6-11,18,22H,1,4-5,12-17,19-20H2. The van der Waals surface area contributed by atoms with Crippen molar-refractivity contribution in [2.75, 3.05) is 85.1 Å². The zero-order valence-electron chi connectivity index (χ0n) is 77.8. The van der Waals surface area contributed by atoms with Crippen LogP contribution >= 0.6 is 23.2 Å². The Morgan fingerprint density at radius 2 is 0.701 bits per heavy atom. The maximum Gasteiger partial charge on any atom is 0.270 e. The summed E-state index contributed by atoms with van der Waals surface area (Å²) in [7, 11) is 0. The van der Waals surface area contributed by atoms with Crippen LogP contribution < -0.4 is 10.6 Å². The lowest BCUT2D eigenvalue weighted by atomic mass is 9.81. The van der Waals surface area contributed by atoms with E-state index in [4.69, 9.17) is 23.2 Å². The van der Waals surface area contributed by atoms with Crippen molar-refractivity contribution in [1.29, 1.82) is 0 Å². The molecule has 1 atom stereocenters. The highest BCUT2D eigenvalue weighted by atomic mass is 35.5. The number of hydrogen-bond acceptors (Lipinski definition) is 9. The van der Waals surface area contributed by atoms with E-state index in [-0.39, 0.29) is 58.9 Å². The second-order valence-corrected chi connectivity index (χ2v) is 37.9. The molecule has 2 N–H and O–H groups in total. The maximum atomic E-state index is 13.6. The van der Waals surface area contributed by atoms with Gasteiger partial charge in [-0.3, -0.25) is 38.7 Å². The van der Waals surface area contributed by atoms with Crippen LogP contribution in [-0.2, 0) is 48.6 Å². The molecule has 6 amide bonds. The van der Waals surface area contributed by atoms with Gasteiger partial charge in [-0.25, -0.2) is 8.78 Å². The van der Waals surface area contributed by atoms with Crippen molar-refractivity contribution in [2.45, 2.75) is 122 Å². The van der Waals surface area contributed by atoms with Gasteiger partial charge in [0, 0.05) is 194 Å². The second kappa shape index (κ2) is 46.0. The number of amides is 6. The van der Waals surface area contributed by atoms with Crippen LogP contribution in [0.25, 0.3) is 43.6 Å². The van der Waals surface area contributed by atoms with Crippen LogP contribution in [-0.4, -0.2) is 173 Å². The van der Waals surface area contributed by atoms with E-state index >= 15 is 0 Å². The number of carbonyl (C=O) groups excluding carboxylic acids is 6.